The molecule has 0 aliphatic carbocycles. The third-order valence-electron chi connectivity index (χ3n) is 3.55. The van der Waals surface area contributed by atoms with Gasteiger partial charge in [0.25, 0.3) is 0 Å². The summed E-state index contributed by atoms with van der Waals surface area (Å²) in [6.45, 7) is 5.69. The number of thiazole rings is 1. The highest BCUT2D eigenvalue weighted by Crippen LogP contribution is 2.30. The lowest BCUT2D eigenvalue weighted by atomic mass is 10.2. The number of hydrogen-bond donors (Lipinski definition) is 1. The first kappa shape index (κ1) is 13.8. The maximum Gasteiger partial charge on any atom is 0.122 e. The largest absolute Gasteiger partial charge is 0.465 e. The van der Waals surface area contributed by atoms with E-state index in [0.717, 1.165) is 48.2 Å². The molecule has 1 saturated heterocycles. The Bertz CT molecular complexity index is 558. The highest BCUT2D eigenvalue weighted by molar-refractivity contribution is 7.09. The van der Waals surface area contributed by atoms with Gasteiger partial charge in [0.15, 0.2) is 0 Å². The van der Waals surface area contributed by atoms with Crippen LogP contribution >= 0.6 is 11.3 Å². The van der Waals surface area contributed by atoms with Crippen LogP contribution in [0.2, 0.25) is 0 Å². The molecule has 0 radical (unpaired) electrons. The molecule has 0 bridgehead atoms. The molecule has 2 unspecified atom stereocenters. The van der Waals surface area contributed by atoms with Gasteiger partial charge < -0.3 is 14.5 Å². The van der Waals surface area contributed by atoms with Gasteiger partial charge in [0.2, 0.25) is 0 Å². The second-order valence-electron chi connectivity index (χ2n) is 5.23. The lowest BCUT2D eigenvalue weighted by Gasteiger charge is -2.10. The Morgan fingerprint density at radius 1 is 1.50 bits per heavy atom. The number of nitrogens with one attached hydrogen (secondary N) is 1. The van der Waals surface area contributed by atoms with Crippen LogP contribution < -0.4 is 5.32 Å². The number of ether oxygens (including phenoxy) is 1. The molecular formula is C15H20N2O2S. The average Bonchev–Trinajstić information content (AvgIpc) is 3.16. The van der Waals surface area contributed by atoms with Crippen LogP contribution in [0.4, 0.5) is 0 Å². The number of rotatable bonds is 5. The van der Waals surface area contributed by atoms with E-state index in [0.29, 0.717) is 0 Å². The molecule has 3 rings (SSSR count). The zero-order valence-electron chi connectivity index (χ0n) is 11.9. The summed E-state index contributed by atoms with van der Waals surface area (Å²) in [6.07, 6.45) is 2.47. The van der Waals surface area contributed by atoms with Crippen molar-refractivity contribution in [3.63, 3.8) is 0 Å². The van der Waals surface area contributed by atoms with Crippen LogP contribution in [0.3, 0.4) is 0 Å². The molecule has 1 aliphatic heterocycles. The molecule has 0 aromatic carbocycles. The van der Waals surface area contributed by atoms with Crippen molar-refractivity contribution in [1.82, 2.24) is 10.3 Å². The van der Waals surface area contributed by atoms with Crippen molar-refractivity contribution in [1.29, 1.82) is 0 Å². The van der Waals surface area contributed by atoms with Gasteiger partial charge in [0.1, 0.15) is 22.6 Å². The van der Waals surface area contributed by atoms with E-state index in [9.17, 15) is 0 Å². The third-order valence-corrected chi connectivity index (χ3v) is 4.54. The molecular weight excluding hydrogens is 272 g/mol. The van der Waals surface area contributed by atoms with Crippen molar-refractivity contribution in [3.8, 4) is 0 Å². The summed E-state index contributed by atoms with van der Waals surface area (Å²) in [5.41, 5.74) is 1.08. The first-order valence-corrected chi connectivity index (χ1v) is 7.96. The van der Waals surface area contributed by atoms with Crippen molar-refractivity contribution in [2.45, 2.75) is 45.4 Å². The quantitative estimate of drug-likeness (QED) is 0.912. The van der Waals surface area contributed by atoms with Crippen LogP contribution in [0, 0.1) is 6.92 Å². The van der Waals surface area contributed by atoms with Crippen LogP contribution in [0.15, 0.2) is 21.9 Å². The number of hydrogen-bond acceptors (Lipinski definition) is 5. The molecule has 1 aliphatic rings. The Balaban J connectivity index is 1.55. The number of aryl methyl sites for hydroxylation is 1. The predicted octanol–water partition coefficient (Wildman–Crippen LogP) is 3.75. The summed E-state index contributed by atoms with van der Waals surface area (Å²) in [5, 5.41) is 6.67. The van der Waals surface area contributed by atoms with Crippen LogP contribution in [0.5, 0.6) is 0 Å². The summed E-state index contributed by atoms with van der Waals surface area (Å²) in [6, 6.07) is 4.20. The second-order valence-corrected chi connectivity index (χ2v) is 6.12. The lowest BCUT2D eigenvalue weighted by molar-refractivity contribution is 0.111. The molecule has 2 aromatic heterocycles. The van der Waals surface area contributed by atoms with Gasteiger partial charge >= 0.3 is 0 Å². The Labute approximate surface area is 123 Å². The molecule has 108 valence electrons. The Hall–Kier alpha value is -1.17. The molecule has 5 heteroatoms. The van der Waals surface area contributed by atoms with Crippen LogP contribution in [0.25, 0.3) is 0 Å². The summed E-state index contributed by atoms with van der Waals surface area (Å²) in [5.74, 6) is 1.92. The molecule has 2 atom stereocenters. The highest BCUT2D eigenvalue weighted by atomic mass is 32.1. The van der Waals surface area contributed by atoms with Crippen molar-refractivity contribution in [2.24, 2.45) is 0 Å². The summed E-state index contributed by atoms with van der Waals surface area (Å²) >= 11 is 1.70. The van der Waals surface area contributed by atoms with E-state index in [1.165, 1.54) is 0 Å². The van der Waals surface area contributed by atoms with E-state index in [1.54, 1.807) is 11.3 Å². The standard InChI is InChI=1S/C15H20N2O2S/c1-10-5-6-13(19-10)11(2)16-8-12-9-20-15(17-12)14-4-3-7-18-14/h5-6,9,11,14,16H,3-4,7-8H2,1-2H3. The molecule has 1 fully saturated rings. The van der Waals surface area contributed by atoms with Crippen LogP contribution in [-0.2, 0) is 11.3 Å². The van der Waals surface area contributed by atoms with E-state index in [-0.39, 0.29) is 12.1 Å². The molecule has 2 aromatic rings. The van der Waals surface area contributed by atoms with Crippen molar-refractivity contribution in [2.75, 3.05) is 6.61 Å². The topological polar surface area (TPSA) is 47.3 Å². The predicted molar refractivity (Wildman–Crippen MR) is 78.7 cm³/mol. The number of nitrogens with zero attached hydrogens (tertiary/aromatic N) is 1. The first-order chi connectivity index (χ1) is 9.72. The van der Waals surface area contributed by atoms with Gasteiger partial charge in [-0.3, -0.25) is 0 Å². The number of aromatic nitrogens is 1. The van der Waals surface area contributed by atoms with Gasteiger partial charge in [0, 0.05) is 18.5 Å². The van der Waals surface area contributed by atoms with Gasteiger partial charge in [-0.1, -0.05) is 0 Å². The Morgan fingerprint density at radius 2 is 2.40 bits per heavy atom. The molecule has 3 heterocycles. The summed E-state index contributed by atoms with van der Waals surface area (Å²) < 4.78 is 11.3. The van der Waals surface area contributed by atoms with E-state index in [2.05, 4.69) is 22.6 Å². The monoisotopic (exact) mass is 292 g/mol. The van der Waals surface area contributed by atoms with Gasteiger partial charge in [-0.2, -0.15) is 0 Å². The minimum atomic E-state index is 0.191. The molecule has 4 nitrogen and oxygen atoms in total. The van der Waals surface area contributed by atoms with Gasteiger partial charge in [0.05, 0.1) is 11.7 Å². The SMILES string of the molecule is Cc1ccc(C(C)NCc2csc(C3CCCO3)n2)o1. The highest BCUT2D eigenvalue weighted by Gasteiger charge is 2.21. The van der Waals surface area contributed by atoms with E-state index < -0.39 is 0 Å². The minimum absolute atomic E-state index is 0.191. The van der Waals surface area contributed by atoms with E-state index in [1.807, 2.05) is 19.1 Å². The fraction of sp³-hybridized carbons (Fsp3) is 0.533. The lowest BCUT2D eigenvalue weighted by Crippen LogP contribution is -2.17. The van der Waals surface area contributed by atoms with Gasteiger partial charge in [-0.15, -0.1) is 11.3 Å². The van der Waals surface area contributed by atoms with Gasteiger partial charge in [-0.25, -0.2) is 4.98 Å². The molecule has 0 amide bonds. The maximum absolute atomic E-state index is 5.66. The second kappa shape index (κ2) is 6.08. The van der Waals surface area contributed by atoms with E-state index >= 15 is 0 Å². The van der Waals surface area contributed by atoms with Crippen LogP contribution in [-0.4, -0.2) is 11.6 Å². The molecule has 1 N–H and O–H groups in total. The summed E-state index contributed by atoms with van der Waals surface area (Å²) in [7, 11) is 0. The molecule has 20 heavy (non-hydrogen) atoms. The van der Waals surface area contributed by atoms with Crippen molar-refractivity contribution in [3.05, 3.63) is 39.7 Å². The first-order valence-electron chi connectivity index (χ1n) is 7.08. The minimum Gasteiger partial charge on any atom is -0.465 e. The summed E-state index contributed by atoms with van der Waals surface area (Å²) in [4.78, 5) is 4.66. The Kier molecular flexibility index (Phi) is 4.19. The zero-order chi connectivity index (χ0) is 13.9. The number of furan rings is 1. The fourth-order valence-corrected chi connectivity index (χ4v) is 3.27. The normalized spacial score (nSPS) is 20.4. The third kappa shape index (κ3) is 3.11. The van der Waals surface area contributed by atoms with Crippen LogP contribution in [0.1, 0.15) is 54.1 Å². The van der Waals surface area contributed by atoms with Crippen molar-refractivity contribution >= 4 is 11.3 Å². The van der Waals surface area contributed by atoms with Gasteiger partial charge in [-0.05, 0) is 38.8 Å². The maximum atomic E-state index is 5.66. The molecule has 0 saturated carbocycles. The van der Waals surface area contributed by atoms with E-state index in [4.69, 9.17) is 9.15 Å². The van der Waals surface area contributed by atoms with Crippen molar-refractivity contribution < 1.29 is 9.15 Å². The smallest absolute Gasteiger partial charge is 0.122 e. The Morgan fingerprint density at radius 3 is 3.10 bits per heavy atom. The zero-order valence-corrected chi connectivity index (χ0v) is 12.7. The fourth-order valence-electron chi connectivity index (χ4n) is 2.37. The molecule has 0 spiro atoms. The average molecular weight is 292 g/mol.